The zero-order valence-electron chi connectivity index (χ0n) is 28.5. The first kappa shape index (κ1) is 40.2. The van der Waals surface area contributed by atoms with Gasteiger partial charge in [0.05, 0.1) is 24.5 Å². The molecule has 3 amide bonds. The number of hydrogen-bond acceptors (Lipinski definition) is 8. The number of nitrogens with zero attached hydrogens (tertiary/aromatic N) is 2. The maximum atomic E-state index is 15.0. The third kappa shape index (κ3) is 11.2. The fourth-order valence-corrected chi connectivity index (χ4v) is 5.60. The number of aliphatic hydroxyl groups excluding tert-OH is 1. The fraction of sp³-hybridized carbons (Fsp3) is 0.400. The number of carbonyl (C=O) groups excluding carboxylic acids is 3. The van der Waals surface area contributed by atoms with Gasteiger partial charge < -0.3 is 46.9 Å². The lowest BCUT2D eigenvalue weighted by Gasteiger charge is -2.41. The Bertz CT molecular complexity index is 1710. The molecule has 0 unspecified atom stereocenters. The topological polar surface area (TPSA) is 230 Å². The van der Waals surface area contributed by atoms with Gasteiger partial charge >= 0.3 is 11.9 Å². The predicted molar refractivity (Wildman–Crippen MR) is 182 cm³/mol. The molecule has 4 atom stereocenters. The Balaban J connectivity index is 1.92. The van der Waals surface area contributed by atoms with Gasteiger partial charge in [0.15, 0.2) is 0 Å². The molecule has 14 nitrogen and oxygen atoms in total. The second kappa shape index (κ2) is 17.6. The van der Waals surface area contributed by atoms with Gasteiger partial charge in [0, 0.05) is 42.7 Å². The molecule has 51 heavy (non-hydrogen) atoms. The van der Waals surface area contributed by atoms with E-state index in [1.807, 2.05) is 55.7 Å². The van der Waals surface area contributed by atoms with Crippen LogP contribution in [0.15, 0.2) is 60.8 Å². The summed E-state index contributed by atoms with van der Waals surface area (Å²) in [4.78, 5) is 62.4. The molecule has 1 heterocycles. The number of nitrogens with one attached hydrogen (secondary N) is 2. The largest absolute Gasteiger partial charge is 0.481 e. The molecule has 0 spiro atoms. The number of amides is 3. The minimum Gasteiger partial charge on any atom is -0.481 e. The van der Waals surface area contributed by atoms with Crippen LogP contribution >= 0.6 is 0 Å². The van der Waals surface area contributed by atoms with E-state index < -0.39 is 90.4 Å². The molecule has 0 aliphatic rings. The summed E-state index contributed by atoms with van der Waals surface area (Å²) in [5, 5.41) is 32.8. The lowest BCUT2D eigenvalue weighted by Crippen LogP contribution is -2.55. The van der Waals surface area contributed by atoms with Gasteiger partial charge in [-0.25, -0.2) is 13.6 Å². The second-order valence-electron chi connectivity index (χ2n) is 13.1. The SMILES string of the molecule is CC(C)(C)[C@H](c1cc(-c2cc(F)ccc2F)cn1Cc1ccccc1)N(CC[C@H](N)C(=O)N[C@H](CNC(=O)[C@@H](N)CC(=O)O)C(=O)O)C(=O)CO. The fourth-order valence-electron chi connectivity index (χ4n) is 5.60. The van der Waals surface area contributed by atoms with Gasteiger partial charge in [-0.15, -0.1) is 0 Å². The third-order valence-corrected chi connectivity index (χ3v) is 8.08. The van der Waals surface area contributed by atoms with E-state index >= 15 is 0 Å². The Morgan fingerprint density at radius 1 is 0.941 bits per heavy atom. The molecule has 1 aromatic heterocycles. The number of carboxylic acid groups (broad SMARTS) is 2. The predicted octanol–water partition coefficient (Wildman–Crippen LogP) is 1.59. The summed E-state index contributed by atoms with van der Waals surface area (Å²) in [7, 11) is 0. The average Bonchev–Trinajstić information content (AvgIpc) is 3.46. The van der Waals surface area contributed by atoms with E-state index in [-0.39, 0.29) is 25.1 Å². The smallest absolute Gasteiger partial charge is 0.328 e. The maximum absolute atomic E-state index is 15.0. The second-order valence-corrected chi connectivity index (χ2v) is 13.1. The van der Waals surface area contributed by atoms with Crippen LogP contribution in [0.1, 0.15) is 50.9 Å². The number of carbonyl (C=O) groups is 5. The van der Waals surface area contributed by atoms with Crippen molar-refractivity contribution in [2.45, 2.75) is 64.3 Å². The Morgan fingerprint density at radius 2 is 1.61 bits per heavy atom. The minimum atomic E-state index is -1.65. The van der Waals surface area contributed by atoms with Gasteiger partial charge in [0.2, 0.25) is 17.7 Å². The maximum Gasteiger partial charge on any atom is 0.328 e. The van der Waals surface area contributed by atoms with E-state index in [0.717, 1.165) is 23.8 Å². The quantitative estimate of drug-likeness (QED) is 0.107. The van der Waals surface area contributed by atoms with E-state index in [0.29, 0.717) is 11.3 Å². The van der Waals surface area contributed by atoms with Crippen LogP contribution < -0.4 is 22.1 Å². The molecule has 3 rings (SSSR count). The number of nitrogens with two attached hydrogens (primary N) is 2. The van der Waals surface area contributed by atoms with Crippen molar-refractivity contribution in [2.24, 2.45) is 16.9 Å². The Morgan fingerprint density at radius 3 is 2.20 bits per heavy atom. The van der Waals surface area contributed by atoms with Crippen LogP contribution in [-0.2, 0) is 30.5 Å². The normalized spacial score (nSPS) is 13.8. The Hall–Kier alpha value is -5.19. The van der Waals surface area contributed by atoms with E-state index in [1.165, 1.54) is 4.90 Å². The van der Waals surface area contributed by atoms with Crippen molar-refractivity contribution in [1.82, 2.24) is 20.1 Å². The van der Waals surface area contributed by atoms with Crippen molar-refractivity contribution in [3.8, 4) is 11.1 Å². The van der Waals surface area contributed by atoms with Crippen LogP contribution in [0.2, 0.25) is 0 Å². The molecule has 2 aromatic carbocycles. The number of carboxylic acids is 2. The summed E-state index contributed by atoms with van der Waals surface area (Å²) in [6.07, 6.45) is 0.760. The van der Waals surface area contributed by atoms with Gasteiger partial charge in [0.1, 0.15) is 24.3 Å². The van der Waals surface area contributed by atoms with E-state index in [4.69, 9.17) is 16.6 Å². The van der Waals surface area contributed by atoms with E-state index in [1.54, 1.807) is 12.3 Å². The number of hydrogen-bond donors (Lipinski definition) is 7. The molecule has 9 N–H and O–H groups in total. The summed E-state index contributed by atoms with van der Waals surface area (Å²) >= 11 is 0. The molecule has 0 fully saturated rings. The highest BCUT2D eigenvalue weighted by Crippen LogP contribution is 2.41. The Labute approximate surface area is 293 Å². The standard InChI is InChI=1S/C35H44F2N6O8/c1-35(2,3)31(28-13-21(23-14-22(36)9-10-24(23)37)18-42(28)17-20-7-5-4-6-8-20)43(29(45)19-44)12-11-25(38)33(49)41-27(34(50)51)16-40-32(48)26(39)15-30(46)47/h4-10,13-14,18,25-27,31,44H,11-12,15-17,19,38-39H2,1-3H3,(H,40,48)(H,41,49)(H,46,47)(H,50,51)/t25-,26-,27+,31-/m0/s1. The van der Waals surface area contributed by atoms with Crippen molar-refractivity contribution in [1.29, 1.82) is 0 Å². The minimum absolute atomic E-state index is 0.00231. The molecule has 0 aliphatic carbocycles. The average molecular weight is 715 g/mol. The summed E-state index contributed by atoms with van der Waals surface area (Å²) in [6.45, 7) is 4.12. The molecule has 16 heteroatoms. The van der Waals surface area contributed by atoms with E-state index in [9.17, 15) is 43.0 Å². The first-order chi connectivity index (χ1) is 23.9. The molecule has 0 radical (unpaired) electrons. The molecule has 0 aliphatic heterocycles. The van der Waals surface area contributed by atoms with E-state index in [2.05, 4.69) is 10.6 Å². The van der Waals surface area contributed by atoms with Gasteiger partial charge in [-0.3, -0.25) is 19.2 Å². The first-order valence-corrected chi connectivity index (χ1v) is 16.1. The number of aromatic nitrogens is 1. The zero-order chi connectivity index (χ0) is 38.0. The molecule has 0 saturated carbocycles. The molecule has 0 bridgehead atoms. The van der Waals surface area contributed by atoms with Crippen LogP contribution in [0.25, 0.3) is 11.1 Å². The number of halogens is 2. The van der Waals surface area contributed by atoms with Crippen molar-refractivity contribution in [3.63, 3.8) is 0 Å². The number of benzene rings is 2. The van der Waals surface area contributed by atoms with Crippen molar-refractivity contribution < 1.29 is 48.1 Å². The summed E-state index contributed by atoms with van der Waals surface area (Å²) in [5.41, 5.74) is 12.6. The Kier molecular flexibility index (Phi) is 13.9. The highest BCUT2D eigenvalue weighted by molar-refractivity contribution is 5.89. The highest BCUT2D eigenvalue weighted by Gasteiger charge is 2.37. The van der Waals surface area contributed by atoms with Crippen LogP contribution in [0.4, 0.5) is 8.78 Å². The highest BCUT2D eigenvalue weighted by atomic mass is 19.1. The van der Waals surface area contributed by atoms with Gasteiger partial charge in [-0.2, -0.15) is 0 Å². The molecule has 3 aromatic rings. The lowest BCUT2D eigenvalue weighted by atomic mass is 9.82. The molecular formula is C35H44F2N6O8. The van der Waals surface area contributed by atoms with Gasteiger partial charge in [0.25, 0.3) is 0 Å². The molecular weight excluding hydrogens is 670 g/mol. The van der Waals surface area contributed by atoms with Crippen LogP contribution in [0, 0.1) is 17.0 Å². The van der Waals surface area contributed by atoms with Gasteiger partial charge in [-0.05, 0) is 41.7 Å². The van der Waals surface area contributed by atoms with Crippen molar-refractivity contribution >= 4 is 29.7 Å². The monoisotopic (exact) mass is 714 g/mol. The van der Waals surface area contributed by atoms with Crippen molar-refractivity contribution in [2.75, 3.05) is 19.7 Å². The number of aliphatic hydroxyl groups is 1. The molecule has 0 saturated heterocycles. The summed E-state index contributed by atoms with van der Waals surface area (Å²) in [6, 6.07) is 8.78. The first-order valence-electron chi connectivity index (χ1n) is 16.1. The van der Waals surface area contributed by atoms with Gasteiger partial charge in [-0.1, -0.05) is 51.1 Å². The van der Waals surface area contributed by atoms with Crippen LogP contribution in [-0.4, -0.2) is 92.3 Å². The number of rotatable bonds is 17. The summed E-state index contributed by atoms with van der Waals surface area (Å²) in [5.74, 6) is -6.72. The number of aliphatic carboxylic acids is 2. The molecule has 276 valence electrons. The van der Waals surface area contributed by atoms with Crippen molar-refractivity contribution in [3.05, 3.63) is 83.7 Å². The zero-order valence-corrected chi connectivity index (χ0v) is 28.5. The third-order valence-electron chi connectivity index (χ3n) is 8.08. The summed E-state index contributed by atoms with van der Waals surface area (Å²) < 4.78 is 31.0. The van der Waals surface area contributed by atoms with Crippen LogP contribution in [0.3, 0.4) is 0 Å². The van der Waals surface area contributed by atoms with Crippen LogP contribution in [0.5, 0.6) is 0 Å². The lowest BCUT2D eigenvalue weighted by molar-refractivity contribution is -0.142.